The number of nitrogens with one attached hydrogen (secondary N) is 1. The number of likely N-dealkylation sites (N-methyl/N-ethyl adjacent to an activating group) is 1. The molecule has 0 radical (unpaired) electrons. The SMILES string of the molecule is CCC(C)N1CCCCC1C(=O)N[C@H](C(=O)N(C)[C@H](C=C(C)C(=O)O)CC)C(C)C. The lowest BCUT2D eigenvalue weighted by Gasteiger charge is -2.40. The Balaban J connectivity index is 2.99. The highest BCUT2D eigenvalue weighted by Gasteiger charge is 2.35. The molecule has 7 heteroatoms. The topological polar surface area (TPSA) is 90.0 Å². The molecule has 1 heterocycles. The van der Waals surface area contributed by atoms with E-state index in [0.29, 0.717) is 12.5 Å². The van der Waals surface area contributed by atoms with E-state index >= 15 is 0 Å². The summed E-state index contributed by atoms with van der Waals surface area (Å²) >= 11 is 0. The summed E-state index contributed by atoms with van der Waals surface area (Å²) < 4.78 is 0. The summed E-state index contributed by atoms with van der Waals surface area (Å²) in [5.74, 6) is -1.34. The van der Waals surface area contributed by atoms with Crippen molar-refractivity contribution < 1.29 is 19.5 Å². The quantitative estimate of drug-likeness (QED) is 0.527. The standard InChI is InChI=1S/C23H41N3O4/c1-8-17(6)26-13-11-10-12-19(26)21(27)24-20(15(3)4)22(28)25(7)18(9-2)14-16(5)23(29)30/h14-15,17-20H,8-13H2,1-7H3,(H,24,27)(H,29,30)/t17?,18-,19?,20-/m0/s1. The summed E-state index contributed by atoms with van der Waals surface area (Å²) in [6.07, 6.45) is 6.09. The van der Waals surface area contributed by atoms with Gasteiger partial charge in [0.1, 0.15) is 6.04 Å². The van der Waals surface area contributed by atoms with Crippen LogP contribution in [0.1, 0.15) is 73.6 Å². The van der Waals surface area contributed by atoms with E-state index in [2.05, 4.69) is 24.1 Å². The van der Waals surface area contributed by atoms with Gasteiger partial charge in [-0.25, -0.2) is 4.79 Å². The van der Waals surface area contributed by atoms with Gasteiger partial charge in [-0.1, -0.05) is 40.2 Å². The molecule has 0 aromatic carbocycles. The molecule has 2 amide bonds. The van der Waals surface area contributed by atoms with Crippen molar-refractivity contribution in [2.24, 2.45) is 5.92 Å². The van der Waals surface area contributed by atoms with Gasteiger partial charge in [0, 0.05) is 18.7 Å². The highest BCUT2D eigenvalue weighted by molar-refractivity contribution is 5.90. The number of likely N-dealkylation sites (tertiary alicyclic amines) is 1. The van der Waals surface area contributed by atoms with E-state index in [1.54, 1.807) is 18.0 Å². The number of aliphatic carboxylic acids is 1. The van der Waals surface area contributed by atoms with Gasteiger partial charge in [-0.2, -0.15) is 0 Å². The van der Waals surface area contributed by atoms with Crippen LogP contribution in [-0.2, 0) is 14.4 Å². The number of carbonyl (C=O) groups is 3. The molecule has 0 spiro atoms. The third kappa shape index (κ3) is 6.83. The highest BCUT2D eigenvalue weighted by atomic mass is 16.4. The zero-order valence-electron chi connectivity index (χ0n) is 19.8. The van der Waals surface area contributed by atoms with Crippen molar-refractivity contribution in [3.63, 3.8) is 0 Å². The number of hydrogen-bond donors (Lipinski definition) is 2. The van der Waals surface area contributed by atoms with E-state index in [4.69, 9.17) is 5.11 Å². The van der Waals surface area contributed by atoms with Crippen LogP contribution in [0.25, 0.3) is 0 Å². The minimum absolute atomic E-state index is 0.0772. The van der Waals surface area contributed by atoms with Gasteiger partial charge in [0.05, 0.1) is 12.1 Å². The molecule has 0 saturated carbocycles. The molecule has 2 unspecified atom stereocenters. The third-order valence-electron chi connectivity index (χ3n) is 6.28. The number of amides is 2. The summed E-state index contributed by atoms with van der Waals surface area (Å²) in [5, 5.41) is 12.2. The fraction of sp³-hybridized carbons (Fsp3) is 0.783. The smallest absolute Gasteiger partial charge is 0.331 e. The van der Waals surface area contributed by atoms with Gasteiger partial charge in [0.2, 0.25) is 11.8 Å². The van der Waals surface area contributed by atoms with Gasteiger partial charge in [-0.15, -0.1) is 0 Å². The van der Waals surface area contributed by atoms with Crippen molar-refractivity contribution in [1.29, 1.82) is 0 Å². The molecular formula is C23H41N3O4. The molecular weight excluding hydrogens is 382 g/mol. The Morgan fingerprint density at radius 1 is 1.17 bits per heavy atom. The molecule has 7 nitrogen and oxygen atoms in total. The number of carboxylic acid groups (broad SMARTS) is 1. The van der Waals surface area contributed by atoms with Gasteiger partial charge in [-0.3, -0.25) is 14.5 Å². The van der Waals surface area contributed by atoms with Crippen LogP contribution in [0.3, 0.4) is 0 Å². The minimum Gasteiger partial charge on any atom is -0.478 e. The Kier molecular flexibility index (Phi) is 10.5. The normalized spacial score (nSPS) is 21.1. The molecule has 172 valence electrons. The first-order valence-electron chi connectivity index (χ1n) is 11.3. The van der Waals surface area contributed by atoms with E-state index < -0.39 is 12.0 Å². The maximum absolute atomic E-state index is 13.2. The summed E-state index contributed by atoms with van der Waals surface area (Å²) in [6.45, 7) is 12.5. The van der Waals surface area contributed by atoms with Crippen LogP contribution in [0.5, 0.6) is 0 Å². The van der Waals surface area contributed by atoms with Crippen molar-refractivity contribution in [1.82, 2.24) is 15.1 Å². The fourth-order valence-electron chi connectivity index (χ4n) is 4.01. The van der Waals surface area contributed by atoms with Crippen LogP contribution < -0.4 is 5.32 Å². The third-order valence-corrected chi connectivity index (χ3v) is 6.28. The van der Waals surface area contributed by atoms with Gasteiger partial charge >= 0.3 is 5.97 Å². The second-order valence-electron chi connectivity index (χ2n) is 8.82. The van der Waals surface area contributed by atoms with Crippen molar-refractivity contribution in [3.8, 4) is 0 Å². The molecule has 1 aliphatic rings. The van der Waals surface area contributed by atoms with E-state index in [0.717, 1.165) is 32.2 Å². The Morgan fingerprint density at radius 3 is 2.30 bits per heavy atom. The van der Waals surface area contributed by atoms with Crippen LogP contribution in [0.2, 0.25) is 0 Å². The lowest BCUT2D eigenvalue weighted by molar-refractivity contribution is -0.140. The van der Waals surface area contributed by atoms with Gasteiger partial charge in [0.25, 0.3) is 0 Å². The Labute approximate surface area is 181 Å². The largest absolute Gasteiger partial charge is 0.478 e. The number of carbonyl (C=O) groups excluding carboxylic acids is 2. The molecule has 0 bridgehead atoms. The van der Waals surface area contributed by atoms with E-state index in [-0.39, 0.29) is 35.4 Å². The Bertz CT molecular complexity index is 632. The van der Waals surface area contributed by atoms with Crippen LogP contribution in [0.15, 0.2) is 11.6 Å². The van der Waals surface area contributed by atoms with E-state index in [1.807, 2.05) is 20.8 Å². The molecule has 1 fully saturated rings. The maximum atomic E-state index is 13.2. The summed E-state index contributed by atoms with van der Waals surface area (Å²) in [7, 11) is 1.68. The lowest BCUT2D eigenvalue weighted by Crippen LogP contribution is -2.58. The molecule has 4 atom stereocenters. The predicted octanol–water partition coefficient (Wildman–Crippen LogP) is 3.05. The monoisotopic (exact) mass is 423 g/mol. The summed E-state index contributed by atoms with van der Waals surface area (Å²) in [5.41, 5.74) is 0.207. The number of hydrogen-bond acceptors (Lipinski definition) is 4. The second-order valence-corrected chi connectivity index (χ2v) is 8.82. The first kappa shape index (κ1) is 26.1. The summed E-state index contributed by atoms with van der Waals surface area (Å²) in [6, 6.07) is -0.858. The average molecular weight is 424 g/mol. The first-order chi connectivity index (χ1) is 14.0. The second kappa shape index (κ2) is 12.1. The van der Waals surface area contributed by atoms with Crippen molar-refractivity contribution in [2.45, 2.75) is 97.8 Å². The maximum Gasteiger partial charge on any atom is 0.331 e. The van der Waals surface area contributed by atoms with Gasteiger partial charge < -0.3 is 15.3 Å². The lowest BCUT2D eigenvalue weighted by atomic mass is 9.96. The van der Waals surface area contributed by atoms with Crippen molar-refractivity contribution >= 4 is 17.8 Å². The molecule has 0 aromatic rings. The van der Waals surface area contributed by atoms with Crippen LogP contribution in [0, 0.1) is 5.92 Å². The van der Waals surface area contributed by atoms with E-state index in [1.165, 1.54) is 6.92 Å². The number of nitrogens with zero attached hydrogens (tertiary/aromatic N) is 2. The van der Waals surface area contributed by atoms with Crippen molar-refractivity contribution in [2.75, 3.05) is 13.6 Å². The van der Waals surface area contributed by atoms with Crippen molar-refractivity contribution in [3.05, 3.63) is 11.6 Å². The predicted molar refractivity (Wildman–Crippen MR) is 119 cm³/mol. The Hall–Kier alpha value is -1.89. The number of piperidine rings is 1. The van der Waals surface area contributed by atoms with Crippen LogP contribution >= 0.6 is 0 Å². The Morgan fingerprint density at radius 2 is 1.80 bits per heavy atom. The van der Waals surface area contributed by atoms with E-state index in [9.17, 15) is 14.4 Å². The minimum atomic E-state index is -0.995. The first-order valence-corrected chi connectivity index (χ1v) is 11.3. The van der Waals surface area contributed by atoms with Gasteiger partial charge in [-0.05, 0) is 52.0 Å². The highest BCUT2D eigenvalue weighted by Crippen LogP contribution is 2.22. The average Bonchev–Trinajstić information content (AvgIpc) is 2.73. The molecule has 0 aliphatic carbocycles. The fourth-order valence-corrected chi connectivity index (χ4v) is 4.01. The molecule has 1 rings (SSSR count). The molecule has 1 aliphatic heterocycles. The zero-order chi connectivity index (χ0) is 23.0. The molecule has 2 N–H and O–H groups in total. The molecule has 30 heavy (non-hydrogen) atoms. The molecule has 1 saturated heterocycles. The van der Waals surface area contributed by atoms with Crippen LogP contribution in [0.4, 0.5) is 0 Å². The number of rotatable bonds is 10. The summed E-state index contributed by atoms with van der Waals surface area (Å²) in [4.78, 5) is 41.4. The zero-order valence-corrected chi connectivity index (χ0v) is 19.8. The molecule has 0 aromatic heterocycles. The van der Waals surface area contributed by atoms with Gasteiger partial charge in [0.15, 0.2) is 0 Å². The number of carboxylic acids is 1. The van der Waals surface area contributed by atoms with Crippen LogP contribution in [-0.4, -0.2) is 70.4 Å².